The maximum atomic E-state index is 8.44. The van der Waals surface area contributed by atoms with Crippen molar-refractivity contribution < 1.29 is 9.47 Å². The molecule has 166 valence electrons. The van der Waals surface area contributed by atoms with E-state index in [1.165, 1.54) is 0 Å². The van der Waals surface area contributed by atoms with E-state index < -0.39 is 0 Å². The molecule has 0 rings (SSSR count). The summed E-state index contributed by atoms with van der Waals surface area (Å²) in [6.07, 6.45) is 0.391. The number of nitrogens with zero attached hydrogens (tertiary/aromatic N) is 3. The zero-order valence-electron chi connectivity index (χ0n) is 20.8. The van der Waals surface area contributed by atoms with E-state index in [0.29, 0.717) is 13.2 Å². The van der Waals surface area contributed by atoms with Gasteiger partial charge in [0.25, 0.3) is 0 Å². The fraction of sp³-hybridized carbons (Fsp3) is 0.913. The van der Waals surface area contributed by atoms with Gasteiger partial charge in [-0.3, -0.25) is 0 Å². The second-order valence-electron chi connectivity index (χ2n) is 12.2. The number of rotatable bonds is 7. The van der Waals surface area contributed by atoms with Crippen LogP contribution in [0.15, 0.2) is 17.3 Å². The molecular weight excluding hydrogens is 350 g/mol. The summed E-state index contributed by atoms with van der Waals surface area (Å²) in [6.45, 7) is 31.7. The molecule has 0 fully saturated rings. The van der Waals surface area contributed by atoms with E-state index in [9.17, 15) is 0 Å². The third-order valence-electron chi connectivity index (χ3n) is 3.55. The first-order chi connectivity index (χ1) is 12.3. The molecule has 0 N–H and O–H groups in total. The quantitative estimate of drug-likeness (QED) is 0.190. The van der Waals surface area contributed by atoms with Gasteiger partial charge < -0.3 is 9.47 Å². The lowest BCUT2D eigenvalue weighted by atomic mass is 9.88. The van der Waals surface area contributed by atoms with Crippen LogP contribution in [0.3, 0.4) is 0 Å². The maximum Gasteiger partial charge on any atom is 0.137 e. The van der Waals surface area contributed by atoms with Crippen LogP contribution in [0.5, 0.6) is 0 Å². The lowest BCUT2D eigenvalue weighted by Gasteiger charge is -2.26. The molecule has 0 aromatic carbocycles. The molecule has 0 aliphatic carbocycles. The van der Waals surface area contributed by atoms with Crippen molar-refractivity contribution >= 4 is 0 Å². The van der Waals surface area contributed by atoms with Crippen LogP contribution in [0.4, 0.5) is 0 Å². The number of hydrogen-bond donors (Lipinski definition) is 0. The minimum absolute atomic E-state index is 0.0983. The largest absolute Gasteiger partial charge is 0.377 e. The van der Waals surface area contributed by atoms with Gasteiger partial charge in [0.15, 0.2) is 0 Å². The smallest absolute Gasteiger partial charge is 0.137 e. The summed E-state index contributed by atoms with van der Waals surface area (Å²) in [5.74, 6) is 0. The Balaban J connectivity index is 0. The van der Waals surface area contributed by atoms with Crippen LogP contribution in [0.25, 0.3) is 10.4 Å². The van der Waals surface area contributed by atoms with Crippen molar-refractivity contribution in [2.24, 2.45) is 26.8 Å². The highest BCUT2D eigenvalue weighted by Crippen LogP contribution is 2.25. The Morgan fingerprint density at radius 1 is 0.857 bits per heavy atom. The van der Waals surface area contributed by atoms with Crippen LogP contribution in [0.1, 0.15) is 89.5 Å². The molecule has 0 bridgehead atoms. The number of hydrogen-bond acceptors (Lipinski definition) is 3. The van der Waals surface area contributed by atoms with Crippen LogP contribution in [0.2, 0.25) is 0 Å². The van der Waals surface area contributed by atoms with Crippen LogP contribution in [-0.2, 0) is 9.47 Å². The summed E-state index contributed by atoms with van der Waals surface area (Å²) in [4.78, 5) is 2.82. The van der Waals surface area contributed by atoms with Gasteiger partial charge in [-0.2, -0.15) is 0 Å². The molecule has 5 nitrogen and oxygen atoms in total. The summed E-state index contributed by atoms with van der Waals surface area (Å²) in [7, 11) is 0. The predicted molar refractivity (Wildman–Crippen MR) is 121 cm³/mol. The van der Waals surface area contributed by atoms with E-state index in [1.54, 1.807) is 0 Å². The van der Waals surface area contributed by atoms with E-state index in [-0.39, 0.29) is 27.9 Å². The van der Waals surface area contributed by atoms with Gasteiger partial charge in [0, 0.05) is 4.91 Å². The zero-order chi connectivity index (χ0) is 22.8. The molecule has 0 radical (unpaired) electrons. The summed E-state index contributed by atoms with van der Waals surface area (Å²) < 4.78 is 11.2. The Morgan fingerprint density at radius 3 is 1.64 bits per heavy atom. The predicted octanol–water partition coefficient (Wildman–Crippen LogP) is 7.77. The highest BCUT2D eigenvalue weighted by atomic mass is 16.5. The first kappa shape index (κ1) is 29.2. The topological polar surface area (TPSA) is 67.2 Å². The van der Waals surface area contributed by atoms with Gasteiger partial charge in [0.05, 0.1) is 19.8 Å². The molecule has 0 spiro atoms. The van der Waals surface area contributed by atoms with Gasteiger partial charge >= 0.3 is 0 Å². The fourth-order valence-corrected chi connectivity index (χ4v) is 1.76. The molecule has 0 aliphatic heterocycles. The maximum absolute atomic E-state index is 8.44. The van der Waals surface area contributed by atoms with Crippen LogP contribution in [0, 0.1) is 21.7 Å². The minimum Gasteiger partial charge on any atom is -0.377 e. The van der Waals surface area contributed by atoms with Gasteiger partial charge in [0.2, 0.25) is 0 Å². The van der Waals surface area contributed by atoms with Gasteiger partial charge in [0.1, 0.15) is 6.23 Å². The third kappa shape index (κ3) is 21.3. The normalized spacial score (nSPS) is 13.9. The van der Waals surface area contributed by atoms with Crippen molar-refractivity contribution in [3.05, 3.63) is 22.6 Å². The molecule has 0 heterocycles. The lowest BCUT2D eigenvalue weighted by molar-refractivity contribution is -0.00727. The number of azide groups is 1. The van der Waals surface area contributed by atoms with E-state index in [2.05, 4.69) is 99.7 Å². The first-order valence-corrected chi connectivity index (χ1v) is 10.2. The second-order valence-corrected chi connectivity index (χ2v) is 12.2. The molecule has 0 aliphatic rings. The standard InChI is InChI=1S/C12H24O.C11H23N3O/c1-10(12(5,6)7)8-13-9-11(2,3)4;1-10(2,3)7-9(13-14-12)15-8-11(4,5)6/h1,8-9H2,2-7H3;9H,7-8H2,1-6H3. The average Bonchev–Trinajstić information content (AvgIpc) is 2.41. The van der Waals surface area contributed by atoms with E-state index >= 15 is 0 Å². The van der Waals surface area contributed by atoms with Crippen molar-refractivity contribution in [1.29, 1.82) is 0 Å². The van der Waals surface area contributed by atoms with Gasteiger partial charge in [-0.15, -0.1) is 0 Å². The van der Waals surface area contributed by atoms with Crippen LogP contribution >= 0.6 is 0 Å². The van der Waals surface area contributed by atoms with Crippen molar-refractivity contribution in [2.75, 3.05) is 19.8 Å². The average molecular weight is 398 g/mol. The molecule has 0 amide bonds. The SMILES string of the molecule is C=C(COCC(C)(C)C)C(C)(C)C.CC(C)(C)COC(CC(C)(C)C)N=[N+]=[N-]. The van der Waals surface area contributed by atoms with Crippen molar-refractivity contribution in [2.45, 2.75) is 95.7 Å². The lowest BCUT2D eigenvalue weighted by Crippen LogP contribution is -2.24. The first-order valence-electron chi connectivity index (χ1n) is 10.2. The van der Waals surface area contributed by atoms with Crippen molar-refractivity contribution in [1.82, 2.24) is 0 Å². The highest BCUT2D eigenvalue weighted by Gasteiger charge is 2.20. The highest BCUT2D eigenvalue weighted by molar-refractivity contribution is 5.05. The van der Waals surface area contributed by atoms with Crippen molar-refractivity contribution in [3.8, 4) is 0 Å². The molecule has 1 unspecified atom stereocenters. The summed E-state index contributed by atoms with van der Waals surface area (Å²) >= 11 is 0. The van der Waals surface area contributed by atoms with Crippen LogP contribution < -0.4 is 0 Å². The summed E-state index contributed by atoms with van der Waals surface area (Å²) in [6, 6.07) is 0. The Morgan fingerprint density at radius 2 is 1.32 bits per heavy atom. The fourth-order valence-electron chi connectivity index (χ4n) is 1.76. The molecule has 0 aromatic rings. The van der Waals surface area contributed by atoms with Crippen LogP contribution in [-0.4, -0.2) is 26.0 Å². The Labute approximate surface area is 174 Å². The summed E-state index contributed by atoms with van der Waals surface area (Å²) in [5.41, 5.74) is 10.2. The monoisotopic (exact) mass is 397 g/mol. The molecule has 0 saturated heterocycles. The van der Waals surface area contributed by atoms with E-state index in [0.717, 1.165) is 18.6 Å². The Bertz CT molecular complexity index is 494. The number of ether oxygens (including phenoxy) is 2. The molecular formula is C23H47N3O2. The Hall–Kier alpha value is -1.03. The molecule has 0 saturated carbocycles. The molecule has 0 aromatic heterocycles. The third-order valence-corrected chi connectivity index (χ3v) is 3.55. The summed E-state index contributed by atoms with van der Waals surface area (Å²) in [5, 5.41) is 3.67. The zero-order valence-corrected chi connectivity index (χ0v) is 20.8. The van der Waals surface area contributed by atoms with Crippen molar-refractivity contribution in [3.63, 3.8) is 0 Å². The van der Waals surface area contributed by atoms with E-state index in [4.69, 9.17) is 15.0 Å². The van der Waals surface area contributed by atoms with Gasteiger partial charge in [-0.1, -0.05) is 94.8 Å². The van der Waals surface area contributed by atoms with Gasteiger partial charge in [-0.05, 0) is 39.2 Å². The molecule has 1 atom stereocenters. The molecule has 28 heavy (non-hydrogen) atoms. The second kappa shape index (κ2) is 11.8. The minimum atomic E-state index is -0.353. The Kier molecular flexibility index (Phi) is 12.3. The van der Waals surface area contributed by atoms with E-state index in [1.807, 2.05) is 0 Å². The van der Waals surface area contributed by atoms with Gasteiger partial charge in [-0.25, -0.2) is 0 Å². The molecule has 5 heteroatoms.